The van der Waals surface area contributed by atoms with E-state index in [4.69, 9.17) is 37.9 Å². The number of rotatable bonds is 15. The molecule has 0 spiro atoms. The Morgan fingerprint density at radius 1 is 0.914 bits per heavy atom. The van der Waals surface area contributed by atoms with Crippen LogP contribution in [-0.4, -0.2) is 186 Å². The number of hydrogen-bond donors (Lipinski definition) is 6. The van der Waals surface area contributed by atoms with E-state index in [0.717, 1.165) is 5.69 Å². The van der Waals surface area contributed by atoms with E-state index < -0.39 is 114 Å². The lowest BCUT2D eigenvalue weighted by molar-refractivity contribution is -0.319. The summed E-state index contributed by atoms with van der Waals surface area (Å²) in [4.78, 5) is 45.4. The number of amides is 1. The van der Waals surface area contributed by atoms with Crippen LogP contribution in [0.1, 0.15) is 108 Å². The summed E-state index contributed by atoms with van der Waals surface area (Å²) in [6.45, 7) is 18.2. The number of likely N-dealkylation sites (N-methyl/N-ethyl adjacent to an activating group) is 1. The van der Waals surface area contributed by atoms with Gasteiger partial charge in [-0.3, -0.25) is 14.4 Å². The third-order valence-electron chi connectivity index (χ3n) is 15.7. The normalized spacial score (nSPS) is 41.3. The number of aliphatic hydroxyl groups is 5. The quantitative estimate of drug-likeness (QED) is 0.109. The number of nitrogens with zero attached hydrogens (tertiary/aromatic N) is 2. The van der Waals surface area contributed by atoms with Gasteiger partial charge in [0.1, 0.15) is 42.1 Å². The van der Waals surface area contributed by atoms with Gasteiger partial charge in [0.15, 0.2) is 18.8 Å². The van der Waals surface area contributed by atoms with Gasteiger partial charge in [0.2, 0.25) is 5.91 Å². The molecule has 1 aromatic carbocycles. The molecule has 0 saturated carbocycles. The Bertz CT molecular complexity index is 1880. The number of ether oxygens (including phenoxy) is 8. The summed E-state index contributed by atoms with van der Waals surface area (Å²) in [7, 11) is 4.87. The Morgan fingerprint density at radius 2 is 1.59 bits per heavy atom. The number of methoxy groups -OCH3 is 2. The highest BCUT2D eigenvalue weighted by atomic mass is 16.7. The molecular formula is C51H85N3O16. The lowest BCUT2D eigenvalue weighted by Crippen LogP contribution is -2.61. The summed E-state index contributed by atoms with van der Waals surface area (Å²) in [6, 6.07) is 6.93. The smallest absolute Gasteiger partial charge is 0.311 e. The molecule has 19 heteroatoms. The number of aliphatic hydroxyl groups excluding tert-OH is 4. The predicted octanol–water partition coefficient (Wildman–Crippen LogP) is 2.92. The van der Waals surface area contributed by atoms with Gasteiger partial charge in [-0.1, -0.05) is 39.8 Å². The summed E-state index contributed by atoms with van der Waals surface area (Å²) < 4.78 is 50.2. The molecule has 4 aliphatic rings. The third kappa shape index (κ3) is 13.0. The highest BCUT2D eigenvalue weighted by Gasteiger charge is 2.54. The van der Waals surface area contributed by atoms with Crippen LogP contribution in [0.4, 0.5) is 5.69 Å². The predicted molar refractivity (Wildman–Crippen MR) is 258 cm³/mol. The summed E-state index contributed by atoms with van der Waals surface area (Å²) in [5, 5.41) is 60.2. The molecule has 3 fully saturated rings. The first kappa shape index (κ1) is 57.8. The fourth-order valence-corrected chi connectivity index (χ4v) is 11.0. The van der Waals surface area contributed by atoms with Crippen molar-refractivity contribution in [2.45, 2.75) is 198 Å². The van der Waals surface area contributed by atoms with Crippen molar-refractivity contribution in [3.05, 3.63) is 24.3 Å². The Morgan fingerprint density at radius 3 is 2.24 bits per heavy atom. The number of Topliss-reactive ketones (excluding diaryl/α,β-unsaturated/α-hetero) is 1. The van der Waals surface area contributed by atoms with Gasteiger partial charge in [-0.2, -0.15) is 0 Å². The molecule has 70 heavy (non-hydrogen) atoms. The Balaban J connectivity index is 1.39. The Labute approximate surface area is 414 Å². The van der Waals surface area contributed by atoms with Gasteiger partial charge in [-0.25, -0.2) is 0 Å². The molecule has 1 aromatic rings. The van der Waals surface area contributed by atoms with Crippen molar-refractivity contribution in [2.75, 3.05) is 52.4 Å². The lowest BCUT2D eigenvalue weighted by Gasteiger charge is -2.50. The minimum Gasteiger partial charge on any atom is -0.487 e. The Hall–Kier alpha value is -3.05. The summed E-state index contributed by atoms with van der Waals surface area (Å²) >= 11 is 0. The molecule has 19 nitrogen and oxygen atoms in total. The standard InChI is InChI=1S/C51H85N3O16/c1-14-37-51(10,62)44(59)30(4)41(57)28(2)25-50(9,64-13)46(31(5)43(32(6)47(61)68-37)69-40-26-49(8,63-12)45(60)33(7)67-40)70-48-42(58)35(24-29(3)66-48)53(11)22-17-21-52-38(55)20-23-54-34-18-15-16-19-36(34)65-27-39(54)56/h15-16,18-19,28-33,35,37,39-40,42-46,48,56,58-60,62H,14,17,20-27H2,1-13H3,(H,52,55)/t28-,29-,30+,31+,32-,33+,35+,37-,39?,40+,42-,43+,44-,45+,46-,48+,49-,50-,51-/m1/s1. The number of esters is 1. The second-order valence-electron chi connectivity index (χ2n) is 21.1. The molecule has 0 aromatic heterocycles. The first-order chi connectivity index (χ1) is 32.8. The molecule has 0 aliphatic carbocycles. The van der Waals surface area contributed by atoms with E-state index in [-0.39, 0.29) is 50.1 Å². The zero-order chi connectivity index (χ0) is 52.0. The highest BCUT2D eigenvalue weighted by molar-refractivity contribution is 5.83. The zero-order valence-electron chi connectivity index (χ0n) is 43.7. The van der Waals surface area contributed by atoms with Gasteiger partial charge in [0, 0.05) is 63.9 Å². The van der Waals surface area contributed by atoms with Crippen LogP contribution >= 0.6 is 0 Å². The minimum absolute atomic E-state index is 0.0535. The number of hydrogen-bond acceptors (Lipinski definition) is 18. The number of carbonyl (C=O) groups excluding carboxylic acids is 3. The van der Waals surface area contributed by atoms with Crippen LogP contribution in [0.15, 0.2) is 24.3 Å². The van der Waals surface area contributed by atoms with E-state index in [1.807, 2.05) is 50.1 Å². The molecule has 4 aliphatic heterocycles. The average molecular weight is 996 g/mol. The maximum Gasteiger partial charge on any atom is 0.311 e. The minimum atomic E-state index is -2.01. The van der Waals surface area contributed by atoms with Crippen molar-refractivity contribution >= 4 is 23.3 Å². The molecular weight excluding hydrogens is 911 g/mol. The van der Waals surface area contributed by atoms with E-state index in [9.17, 15) is 39.9 Å². The molecule has 1 amide bonds. The van der Waals surface area contributed by atoms with Crippen molar-refractivity contribution in [2.24, 2.45) is 23.7 Å². The maximum absolute atomic E-state index is 14.4. The molecule has 6 N–H and O–H groups in total. The van der Waals surface area contributed by atoms with Crippen LogP contribution in [0.5, 0.6) is 5.75 Å². The molecule has 5 rings (SSSR count). The van der Waals surface area contributed by atoms with Crippen molar-refractivity contribution in [1.82, 2.24) is 10.2 Å². The molecule has 400 valence electrons. The van der Waals surface area contributed by atoms with Gasteiger partial charge in [-0.15, -0.1) is 0 Å². The monoisotopic (exact) mass is 996 g/mol. The van der Waals surface area contributed by atoms with E-state index in [1.165, 1.54) is 28.1 Å². The number of benzene rings is 1. The van der Waals surface area contributed by atoms with Gasteiger partial charge in [0.05, 0.1) is 53.3 Å². The van der Waals surface area contributed by atoms with Gasteiger partial charge in [-0.05, 0) is 93.0 Å². The molecule has 1 unspecified atom stereocenters. The zero-order valence-corrected chi connectivity index (χ0v) is 43.7. The lowest BCUT2D eigenvalue weighted by atomic mass is 9.74. The van der Waals surface area contributed by atoms with Crippen molar-refractivity contribution in [3.63, 3.8) is 0 Å². The number of cyclic esters (lactones) is 1. The second-order valence-corrected chi connectivity index (χ2v) is 21.1. The van der Waals surface area contributed by atoms with Crippen molar-refractivity contribution < 1.29 is 77.8 Å². The number of ketones is 1. The van der Waals surface area contributed by atoms with E-state index >= 15 is 0 Å². The van der Waals surface area contributed by atoms with E-state index in [0.29, 0.717) is 38.2 Å². The highest BCUT2D eigenvalue weighted by Crippen LogP contribution is 2.42. The maximum atomic E-state index is 14.4. The van der Waals surface area contributed by atoms with Crippen LogP contribution in [0, 0.1) is 23.7 Å². The van der Waals surface area contributed by atoms with E-state index in [1.54, 1.807) is 46.4 Å². The molecule has 19 atom stereocenters. The van der Waals surface area contributed by atoms with E-state index in [2.05, 4.69) is 5.32 Å². The van der Waals surface area contributed by atoms with Crippen molar-refractivity contribution in [1.29, 1.82) is 0 Å². The summed E-state index contributed by atoms with van der Waals surface area (Å²) in [5.74, 6) is -4.30. The first-order valence-corrected chi connectivity index (χ1v) is 25.2. The average Bonchev–Trinajstić information content (AvgIpc) is 3.33. The van der Waals surface area contributed by atoms with Gasteiger partial charge < -0.3 is 78.5 Å². The summed E-state index contributed by atoms with van der Waals surface area (Å²) in [6.07, 6.45) is -9.90. The molecule has 3 saturated heterocycles. The number of carbonyl (C=O) groups is 3. The van der Waals surface area contributed by atoms with Gasteiger partial charge >= 0.3 is 5.97 Å². The molecule has 0 radical (unpaired) electrons. The van der Waals surface area contributed by atoms with Crippen LogP contribution in [0.2, 0.25) is 0 Å². The van der Waals surface area contributed by atoms with Crippen LogP contribution in [0.25, 0.3) is 0 Å². The Kier molecular flexibility index (Phi) is 20.1. The largest absolute Gasteiger partial charge is 0.487 e. The van der Waals surface area contributed by atoms with Crippen LogP contribution in [0.3, 0.4) is 0 Å². The van der Waals surface area contributed by atoms with Crippen molar-refractivity contribution in [3.8, 4) is 5.75 Å². The van der Waals surface area contributed by atoms with Gasteiger partial charge in [0.25, 0.3) is 0 Å². The summed E-state index contributed by atoms with van der Waals surface area (Å²) in [5.41, 5.74) is -3.69. The van der Waals surface area contributed by atoms with Crippen LogP contribution < -0.4 is 15.0 Å². The third-order valence-corrected chi connectivity index (χ3v) is 15.7. The van der Waals surface area contributed by atoms with Crippen LogP contribution in [-0.2, 0) is 47.5 Å². The number of nitrogens with one attached hydrogen (secondary N) is 1. The topological polar surface area (TPSA) is 245 Å². The fourth-order valence-electron chi connectivity index (χ4n) is 11.0. The molecule has 4 heterocycles. The molecule has 0 bridgehead atoms. The fraction of sp³-hybridized carbons (Fsp3) is 0.824. The SMILES string of the molecule is CC[C@H]1OC(=O)[C@H](C)[C@@H](O[C@H]2C[C@@](C)(OC)[C@@H](O)[C@H](C)O2)[C@H](C)[C@@H](O[C@@H]2O[C@H](C)C[C@H](N(C)CCCNC(=O)CCN3c4ccccc4OCC3O)[C@H]2O)[C@](C)(OC)C[C@@H](C)C(=O)[C@H](C)[C@@H](O)[C@]1(C)O. The number of para-hydroxylation sites is 2. The first-order valence-electron chi connectivity index (χ1n) is 25.2. The number of anilines is 1. The second kappa shape index (κ2) is 24.3. The number of fused-ring (bicyclic) bond motifs is 1.